The molecule has 1 amide bonds. The molecule has 4 nitrogen and oxygen atoms in total. The highest BCUT2D eigenvalue weighted by Gasteiger charge is 2.33. The van der Waals surface area contributed by atoms with Crippen molar-refractivity contribution in [1.82, 2.24) is 10.6 Å². The van der Waals surface area contributed by atoms with Crippen LogP contribution in [0.3, 0.4) is 0 Å². The molecule has 1 aromatic carbocycles. The van der Waals surface area contributed by atoms with Crippen molar-refractivity contribution in [2.45, 2.75) is 25.4 Å². The van der Waals surface area contributed by atoms with Crippen LogP contribution in [0.1, 0.15) is 24.8 Å². The molecule has 8 heteroatoms. The molecule has 1 unspecified atom stereocenters. The number of benzene rings is 1. The van der Waals surface area contributed by atoms with Crippen molar-refractivity contribution < 1.29 is 22.7 Å². The third-order valence-corrected chi connectivity index (χ3v) is 3.82. The van der Waals surface area contributed by atoms with Crippen LogP contribution in [0.15, 0.2) is 24.3 Å². The molecular formula is C16H22ClF3N2O2. The number of halogens is 4. The van der Waals surface area contributed by atoms with Gasteiger partial charge in [0.15, 0.2) is 0 Å². The predicted molar refractivity (Wildman–Crippen MR) is 87.4 cm³/mol. The minimum atomic E-state index is -4.45. The molecule has 1 fully saturated rings. The summed E-state index contributed by atoms with van der Waals surface area (Å²) >= 11 is 0. The molecule has 1 atom stereocenters. The first-order chi connectivity index (χ1) is 11.0. The van der Waals surface area contributed by atoms with Gasteiger partial charge >= 0.3 is 6.18 Å². The number of amides is 1. The van der Waals surface area contributed by atoms with Crippen LogP contribution < -0.4 is 15.4 Å². The van der Waals surface area contributed by atoms with Gasteiger partial charge in [0.1, 0.15) is 12.4 Å². The van der Waals surface area contributed by atoms with Crippen molar-refractivity contribution in [3.63, 3.8) is 0 Å². The van der Waals surface area contributed by atoms with Crippen molar-refractivity contribution in [2.75, 3.05) is 26.2 Å². The predicted octanol–water partition coefficient (Wildman–Crippen LogP) is 3.01. The Morgan fingerprint density at radius 1 is 1.33 bits per heavy atom. The molecule has 136 valence electrons. The van der Waals surface area contributed by atoms with Crippen molar-refractivity contribution >= 4 is 18.3 Å². The highest BCUT2D eigenvalue weighted by atomic mass is 35.5. The molecule has 1 aliphatic rings. The van der Waals surface area contributed by atoms with Gasteiger partial charge in [0.05, 0.1) is 12.1 Å². The number of ether oxygens (including phenoxy) is 1. The molecule has 2 N–H and O–H groups in total. The summed E-state index contributed by atoms with van der Waals surface area (Å²) in [5.41, 5.74) is -0.806. The Kier molecular flexibility index (Phi) is 8.35. The quantitative estimate of drug-likeness (QED) is 0.729. The molecule has 0 aliphatic carbocycles. The Bertz CT molecular complexity index is 520. The van der Waals surface area contributed by atoms with E-state index >= 15 is 0 Å². The molecular weight excluding hydrogens is 345 g/mol. The summed E-state index contributed by atoms with van der Waals surface area (Å²) < 4.78 is 43.5. The monoisotopic (exact) mass is 366 g/mol. The lowest BCUT2D eigenvalue weighted by atomic mass is 10.0. The van der Waals surface area contributed by atoms with Crippen molar-refractivity contribution in [3.05, 3.63) is 29.8 Å². The van der Waals surface area contributed by atoms with E-state index in [0.29, 0.717) is 12.3 Å². The Morgan fingerprint density at radius 2 is 2.08 bits per heavy atom. The van der Waals surface area contributed by atoms with Crippen molar-refractivity contribution in [1.29, 1.82) is 0 Å². The van der Waals surface area contributed by atoms with E-state index in [0.717, 1.165) is 32.0 Å². The summed E-state index contributed by atoms with van der Waals surface area (Å²) in [5.74, 6) is 0.228. The fourth-order valence-corrected chi connectivity index (χ4v) is 2.56. The van der Waals surface area contributed by atoms with Gasteiger partial charge in [-0.1, -0.05) is 12.1 Å². The molecule has 1 aromatic rings. The first kappa shape index (κ1) is 20.6. The van der Waals surface area contributed by atoms with Crippen molar-refractivity contribution in [3.8, 4) is 5.75 Å². The Labute approximate surface area is 145 Å². The van der Waals surface area contributed by atoms with Gasteiger partial charge in [-0.15, -0.1) is 12.4 Å². The number of rotatable bonds is 7. The summed E-state index contributed by atoms with van der Waals surface area (Å²) in [6.45, 7) is 2.14. The second-order valence-electron chi connectivity index (χ2n) is 5.59. The minimum Gasteiger partial charge on any atom is -0.491 e. The van der Waals surface area contributed by atoms with Crippen LogP contribution in [-0.4, -0.2) is 32.1 Å². The number of carbonyl (C=O) groups is 1. The third-order valence-electron chi connectivity index (χ3n) is 3.82. The first-order valence-corrected chi connectivity index (χ1v) is 7.73. The number of alkyl halides is 3. The second-order valence-corrected chi connectivity index (χ2v) is 5.59. The molecule has 24 heavy (non-hydrogen) atoms. The second kappa shape index (κ2) is 9.74. The molecule has 1 aliphatic heterocycles. The minimum absolute atomic E-state index is 0. The molecule has 0 aromatic heterocycles. The molecule has 1 heterocycles. The number of hydrogen-bond acceptors (Lipinski definition) is 3. The average Bonchev–Trinajstić information content (AvgIpc) is 3.02. The topological polar surface area (TPSA) is 50.4 Å². The van der Waals surface area contributed by atoms with Gasteiger partial charge in [-0.2, -0.15) is 13.2 Å². The van der Waals surface area contributed by atoms with Gasteiger partial charge in [-0.05, 0) is 44.0 Å². The Hall–Kier alpha value is -1.47. The zero-order valence-electron chi connectivity index (χ0n) is 13.2. The smallest absolute Gasteiger partial charge is 0.419 e. The number of para-hydroxylation sites is 1. The molecule has 1 saturated heterocycles. The van der Waals surface area contributed by atoms with Crippen molar-refractivity contribution in [2.24, 2.45) is 5.92 Å². The molecule has 2 rings (SSSR count). The normalized spacial score (nSPS) is 17.2. The van der Waals surface area contributed by atoms with Crippen LogP contribution >= 0.6 is 12.4 Å². The summed E-state index contributed by atoms with van der Waals surface area (Å²) in [6, 6.07) is 5.05. The maximum absolute atomic E-state index is 12.8. The SMILES string of the molecule is Cl.O=C(CCC1CCNC1)NCCOc1ccccc1C(F)(F)F. The zero-order chi connectivity index (χ0) is 16.7. The van der Waals surface area contributed by atoms with Gasteiger partial charge in [-0.25, -0.2) is 0 Å². The largest absolute Gasteiger partial charge is 0.491 e. The van der Waals surface area contributed by atoms with E-state index in [-0.39, 0.29) is 37.2 Å². The lowest BCUT2D eigenvalue weighted by Crippen LogP contribution is -2.28. The van der Waals surface area contributed by atoms with Crippen LogP contribution in [0, 0.1) is 5.92 Å². The fourth-order valence-electron chi connectivity index (χ4n) is 2.56. The van der Waals surface area contributed by atoms with Crippen LogP contribution in [-0.2, 0) is 11.0 Å². The number of hydrogen-bond donors (Lipinski definition) is 2. The summed E-state index contributed by atoms with van der Waals surface area (Å²) in [6.07, 6.45) is -2.10. The fraction of sp³-hybridized carbons (Fsp3) is 0.562. The summed E-state index contributed by atoms with van der Waals surface area (Å²) in [7, 11) is 0. The standard InChI is InChI=1S/C16H21F3N2O2.ClH/c17-16(18,19)13-3-1-2-4-14(13)23-10-9-21-15(22)6-5-12-7-8-20-11-12;/h1-4,12,20H,5-11H2,(H,21,22);1H. The maximum atomic E-state index is 12.8. The van der Waals surface area contributed by atoms with E-state index < -0.39 is 11.7 Å². The third kappa shape index (κ3) is 6.57. The zero-order valence-corrected chi connectivity index (χ0v) is 14.0. The van der Waals surface area contributed by atoms with E-state index in [1.165, 1.54) is 18.2 Å². The van der Waals surface area contributed by atoms with E-state index in [1.54, 1.807) is 0 Å². The molecule has 0 bridgehead atoms. The van der Waals surface area contributed by atoms with Gasteiger partial charge in [0.25, 0.3) is 0 Å². The lowest BCUT2D eigenvalue weighted by Gasteiger charge is -2.14. The molecule has 0 saturated carbocycles. The van der Waals surface area contributed by atoms with Gasteiger partial charge in [0.2, 0.25) is 5.91 Å². The van der Waals surface area contributed by atoms with Gasteiger partial charge < -0.3 is 15.4 Å². The van der Waals surface area contributed by atoms with E-state index in [4.69, 9.17) is 4.74 Å². The van der Waals surface area contributed by atoms with E-state index in [1.807, 2.05) is 0 Å². The average molecular weight is 367 g/mol. The van der Waals surface area contributed by atoms with E-state index in [2.05, 4.69) is 10.6 Å². The lowest BCUT2D eigenvalue weighted by molar-refractivity contribution is -0.139. The van der Waals surface area contributed by atoms with Crippen LogP contribution in [0.2, 0.25) is 0 Å². The van der Waals surface area contributed by atoms with Gasteiger partial charge in [0, 0.05) is 6.42 Å². The Balaban J connectivity index is 0.00000288. The molecule has 0 radical (unpaired) electrons. The molecule has 0 spiro atoms. The highest BCUT2D eigenvalue weighted by Crippen LogP contribution is 2.35. The van der Waals surface area contributed by atoms with Crippen LogP contribution in [0.5, 0.6) is 5.75 Å². The highest BCUT2D eigenvalue weighted by molar-refractivity contribution is 5.85. The van der Waals surface area contributed by atoms with Crippen LogP contribution in [0.25, 0.3) is 0 Å². The number of nitrogens with one attached hydrogen (secondary N) is 2. The first-order valence-electron chi connectivity index (χ1n) is 7.73. The number of carbonyl (C=O) groups excluding carboxylic acids is 1. The summed E-state index contributed by atoms with van der Waals surface area (Å²) in [4.78, 5) is 11.7. The maximum Gasteiger partial charge on any atom is 0.419 e. The Morgan fingerprint density at radius 3 is 2.75 bits per heavy atom. The van der Waals surface area contributed by atoms with Crippen LogP contribution in [0.4, 0.5) is 13.2 Å². The van der Waals surface area contributed by atoms with E-state index in [9.17, 15) is 18.0 Å². The summed E-state index contributed by atoms with van der Waals surface area (Å²) in [5, 5.41) is 5.91. The van der Waals surface area contributed by atoms with Gasteiger partial charge in [-0.3, -0.25) is 4.79 Å².